The van der Waals surface area contributed by atoms with E-state index in [1.54, 1.807) is 24.4 Å². The van der Waals surface area contributed by atoms with E-state index in [4.69, 9.17) is 4.74 Å². The molecule has 3 aromatic heterocycles. The first-order valence-electron chi connectivity index (χ1n) is 13.0. The van der Waals surface area contributed by atoms with E-state index in [9.17, 15) is 18.0 Å². The van der Waals surface area contributed by atoms with Gasteiger partial charge in [0, 0.05) is 23.9 Å². The van der Waals surface area contributed by atoms with Crippen LogP contribution >= 0.6 is 0 Å². The normalized spacial score (nSPS) is 13.2. The molecule has 1 amide bonds. The second-order valence-electron chi connectivity index (χ2n) is 9.71. The monoisotopic (exact) mass is 559 g/mol. The van der Waals surface area contributed by atoms with Gasteiger partial charge in [-0.3, -0.25) is 10.4 Å². The number of halogens is 3. The molecule has 0 bridgehead atoms. The summed E-state index contributed by atoms with van der Waals surface area (Å²) in [5, 5.41) is 13.2. The van der Waals surface area contributed by atoms with Gasteiger partial charge < -0.3 is 10.1 Å². The van der Waals surface area contributed by atoms with E-state index in [2.05, 4.69) is 35.8 Å². The zero-order valence-corrected chi connectivity index (χ0v) is 21.6. The number of aromatic amines is 1. The summed E-state index contributed by atoms with van der Waals surface area (Å²) in [7, 11) is 0. The Balaban J connectivity index is 1.37. The number of anilines is 2. The van der Waals surface area contributed by atoms with Crippen molar-refractivity contribution in [1.82, 2.24) is 25.1 Å². The minimum absolute atomic E-state index is 0.0653. The number of carbonyl (C=O) groups excluding carboxylic acids is 1. The number of nitrogens with one attached hydrogen (secondary N) is 3. The van der Waals surface area contributed by atoms with Crippen molar-refractivity contribution in [3.8, 4) is 22.5 Å². The van der Waals surface area contributed by atoms with Gasteiger partial charge in [0.25, 0.3) is 0 Å². The SMILES string of the molecule is O=C(Nc1n[nH]c2nc(-c3cccc(C(F)(F)F)c3)c(-c3ccnc(NCC4CC4)n3)cc12)OCc1ccccc1. The van der Waals surface area contributed by atoms with E-state index in [0.717, 1.165) is 37.1 Å². The standard InChI is InChI=1S/C29H24F3N7O2/c30-29(31,32)20-8-4-7-19(13-20)24-21(23-11-12-33-27(35-23)34-15-17-9-10-17)14-22-25(36-24)38-39-26(22)37-28(40)41-16-18-5-2-1-3-6-18/h1-8,11-14,17H,9-10,15-16H2,(H,33,34,35)(H2,36,37,38,39,40). The van der Waals surface area contributed by atoms with Crippen LogP contribution in [0, 0.1) is 5.92 Å². The van der Waals surface area contributed by atoms with Gasteiger partial charge in [0.2, 0.25) is 5.95 Å². The fourth-order valence-corrected chi connectivity index (χ4v) is 4.31. The molecule has 6 rings (SSSR count). The summed E-state index contributed by atoms with van der Waals surface area (Å²) in [6, 6.07) is 17.5. The number of hydrogen-bond acceptors (Lipinski definition) is 7. The lowest BCUT2D eigenvalue weighted by molar-refractivity contribution is -0.137. The molecule has 1 saturated carbocycles. The Hall–Kier alpha value is -5.00. The van der Waals surface area contributed by atoms with E-state index < -0.39 is 17.8 Å². The number of nitrogens with zero attached hydrogens (tertiary/aromatic N) is 4. The Kier molecular flexibility index (Phi) is 6.96. The van der Waals surface area contributed by atoms with Crippen LogP contribution in [0.15, 0.2) is 72.9 Å². The van der Waals surface area contributed by atoms with Crippen molar-refractivity contribution >= 4 is 28.9 Å². The Morgan fingerprint density at radius 3 is 2.63 bits per heavy atom. The molecule has 0 saturated heterocycles. The molecule has 0 atom stereocenters. The van der Waals surface area contributed by atoms with Gasteiger partial charge in [0.05, 0.1) is 22.3 Å². The van der Waals surface area contributed by atoms with E-state index in [-0.39, 0.29) is 29.3 Å². The average Bonchev–Trinajstić information content (AvgIpc) is 3.74. The fraction of sp³-hybridized carbons (Fsp3) is 0.207. The summed E-state index contributed by atoms with van der Waals surface area (Å²) >= 11 is 0. The second-order valence-corrected chi connectivity index (χ2v) is 9.71. The van der Waals surface area contributed by atoms with E-state index >= 15 is 0 Å². The second kappa shape index (κ2) is 10.9. The molecule has 0 spiro atoms. The summed E-state index contributed by atoms with van der Waals surface area (Å²) in [6.45, 7) is 0.803. The number of benzene rings is 2. The quantitative estimate of drug-likeness (QED) is 0.194. The predicted molar refractivity (Wildman–Crippen MR) is 147 cm³/mol. The average molecular weight is 560 g/mol. The van der Waals surface area contributed by atoms with Crippen LogP contribution in [-0.4, -0.2) is 37.8 Å². The Labute approximate surface area is 232 Å². The fourth-order valence-electron chi connectivity index (χ4n) is 4.31. The first-order chi connectivity index (χ1) is 19.8. The van der Waals surface area contributed by atoms with Crippen LogP contribution in [0.3, 0.4) is 0 Å². The Bertz CT molecular complexity index is 1700. The predicted octanol–water partition coefficient (Wildman–Crippen LogP) is 6.67. The van der Waals surface area contributed by atoms with Crippen LogP contribution in [0.4, 0.5) is 29.7 Å². The number of carbonyl (C=O) groups is 1. The molecular formula is C29H24F3N7O2. The molecule has 3 N–H and O–H groups in total. The summed E-state index contributed by atoms with van der Waals surface area (Å²) in [4.78, 5) is 26.1. The van der Waals surface area contributed by atoms with Crippen LogP contribution in [0.25, 0.3) is 33.5 Å². The van der Waals surface area contributed by atoms with Gasteiger partial charge in [0.1, 0.15) is 6.61 Å². The highest BCUT2D eigenvalue weighted by Gasteiger charge is 2.31. The third-order valence-corrected chi connectivity index (χ3v) is 6.63. The van der Waals surface area contributed by atoms with Crippen molar-refractivity contribution in [2.24, 2.45) is 5.92 Å². The van der Waals surface area contributed by atoms with Crippen molar-refractivity contribution in [3.63, 3.8) is 0 Å². The van der Waals surface area contributed by atoms with Crippen molar-refractivity contribution in [2.45, 2.75) is 25.6 Å². The maximum absolute atomic E-state index is 13.5. The molecule has 2 aromatic carbocycles. The number of fused-ring (bicyclic) bond motifs is 1. The molecule has 12 heteroatoms. The molecule has 1 aliphatic rings. The number of alkyl halides is 3. The summed E-state index contributed by atoms with van der Waals surface area (Å²) in [6.07, 6.45) is -1.37. The minimum Gasteiger partial charge on any atom is -0.444 e. The summed E-state index contributed by atoms with van der Waals surface area (Å²) < 4.78 is 46.0. The van der Waals surface area contributed by atoms with Crippen LogP contribution in [0.2, 0.25) is 0 Å². The van der Waals surface area contributed by atoms with Gasteiger partial charge in [-0.05, 0) is 48.6 Å². The molecule has 9 nitrogen and oxygen atoms in total. The molecule has 1 aliphatic carbocycles. The molecule has 0 aliphatic heterocycles. The van der Waals surface area contributed by atoms with Gasteiger partial charge in [-0.25, -0.2) is 19.7 Å². The van der Waals surface area contributed by atoms with Crippen LogP contribution in [0.5, 0.6) is 0 Å². The van der Waals surface area contributed by atoms with E-state index in [1.807, 2.05) is 30.3 Å². The van der Waals surface area contributed by atoms with Crippen molar-refractivity contribution in [1.29, 1.82) is 0 Å². The van der Waals surface area contributed by atoms with E-state index in [0.29, 0.717) is 28.5 Å². The molecule has 5 aromatic rings. The molecule has 3 heterocycles. The number of ether oxygens (including phenoxy) is 1. The number of aromatic nitrogens is 5. The van der Waals surface area contributed by atoms with Gasteiger partial charge in [-0.15, -0.1) is 0 Å². The van der Waals surface area contributed by atoms with Gasteiger partial charge >= 0.3 is 12.3 Å². The van der Waals surface area contributed by atoms with Gasteiger partial charge in [-0.1, -0.05) is 42.5 Å². The zero-order valence-electron chi connectivity index (χ0n) is 21.6. The largest absolute Gasteiger partial charge is 0.444 e. The number of pyridine rings is 1. The van der Waals surface area contributed by atoms with Crippen molar-refractivity contribution in [3.05, 3.63) is 84.1 Å². The third-order valence-electron chi connectivity index (χ3n) is 6.63. The Morgan fingerprint density at radius 1 is 1.02 bits per heavy atom. The van der Waals surface area contributed by atoms with Gasteiger partial charge in [0.15, 0.2) is 11.5 Å². The molecule has 1 fully saturated rings. The highest BCUT2D eigenvalue weighted by molar-refractivity contribution is 5.99. The molecule has 208 valence electrons. The summed E-state index contributed by atoms with van der Waals surface area (Å²) in [5.41, 5.74) is 1.67. The lowest BCUT2D eigenvalue weighted by Crippen LogP contribution is -2.14. The Morgan fingerprint density at radius 2 is 1.85 bits per heavy atom. The van der Waals surface area contributed by atoms with Gasteiger partial charge in [-0.2, -0.15) is 18.3 Å². The van der Waals surface area contributed by atoms with Crippen molar-refractivity contribution in [2.75, 3.05) is 17.2 Å². The minimum atomic E-state index is -4.53. The summed E-state index contributed by atoms with van der Waals surface area (Å²) in [5.74, 6) is 1.14. The first-order valence-corrected chi connectivity index (χ1v) is 13.0. The maximum atomic E-state index is 13.5. The van der Waals surface area contributed by atoms with E-state index in [1.165, 1.54) is 6.07 Å². The lowest BCUT2D eigenvalue weighted by atomic mass is 10.00. The highest BCUT2D eigenvalue weighted by Crippen LogP contribution is 2.37. The molecular weight excluding hydrogens is 535 g/mol. The smallest absolute Gasteiger partial charge is 0.416 e. The number of amides is 1. The van der Waals surface area contributed by atoms with Crippen LogP contribution < -0.4 is 10.6 Å². The van der Waals surface area contributed by atoms with Crippen LogP contribution in [-0.2, 0) is 17.5 Å². The number of H-pyrrole nitrogens is 1. The van der Waals surface area contributed by atoms with Crippen molar-refractivity contribution < 1.29 is 22.7 Å². The lowest BCUT2D eigenvalue weighted by Gasteiger charge is -2.13. The molecule has 0 unspecified atom stereocenters. The third kappa shape index (κ3) is 6.11. The number of hydrogen-bond donors (Lipinski definition) is 3. The zero-order chi connectivity index (χ0) is 28.4. The first kappa shape index (κ1) is 26.2. The topological polar surface area (TPSA) is 118 Å². The molecule has 41 heavy (non-hydrogen) atoms. The maximum Gasteiger partial charge on any atom is 0.416 e. The molecule has 0 radical (unpaired) electrons. The number of rotatable bonds is 8. The van der Waals surface area contributed by atoms with Crippen LogP contribution in [0.1, 0.15) is 24.0 Å². The highest BCUT2D eigenvalue weighted by atomic mass is 19.4.